The lowest BCUT2D eigenvalue weighted by atomic mass is 9.77. The van der Waals surface area contributed by atoms with E-state index in [4.69, 9.17) is 59.0 Å². The summed E-state index contributed by atoms with van der Waals surface area (Å²) in [5, 5.41) is 58.2. The van der Waals surface area contributed by atoms with Crippen LogP contribution in [0.1, 0.15) is 131 Å². The van der Waals surface area contributed by atoms with E-state index in [9.17, 15) is 44.7 Å². The van der Waals surface area contributed by atoms with Gasteiger partial charge in [-0.1, -0.05) is 32.4 Å². The number of aliphatic hydroxyl groups excluding tert-OH is 2. The van der Waals surface area contributed by atoms with Gasteiger partial charge in [-0.2, -0.15) is 0 Å². The van der Waals surface area contributed by atoms with Crippen molar-refractivity contribution in [3.63, 3.8) is 0 Å². The van der Waals surface area contributed by atoms with Crippen molar-refractivity contribution in [1.29, 1.82) is 0 Å². The van der Waals surface area contributed by atoms with Gasteiger partial charge in [-0.05, 0) is 120 Å². The number of hydrogen-bond acceptors (Lipinski definition) is 20. The summed E-state index contributed by atoms with van der Waals surface area (Å²) in [7, 11) is 7.04. The van der Waals surface area contributed by atoms with Gasteiger partial charge in [-0.15, -0.1) is 0 Å². The number of ether oxygens (including phenoxy) is 10. The number of benzene rings is 1. The Morgan fingerprint density at radius 2 is 1.56 bits per heavy atom. The Kier molecular flexibility index (Phi) is 23.1. The van der Waals surface area contributed by atoms with Gasteiger partial charge >= 0.3 is 17.9 Å². The summed E-state index contributed by atoms with van der Waals surface area (Å²) in [6.45, 7) is 18.3. The number of carboxylic acid groups (broad SMARTS) is 1. The van der Waals surface area contributed by atoms with Crippen LogP contribution in [0.5, 0.6) is 5.75 Å². The molecule has 460 valence electrons. The summed E-state index contributed by atoms with van der Waals surface area (Å²) in [5.74, 6) is -4.59. The van der Waals surface area contributed by atoms with Crippen molar-refractivity contribution in [3.05, 3.63) is 39.1 Å². The molecule has 3 aliphatic heterocycles. The Labute approximate surface area is 481 Å². The van der Waals surface area contributed by atoms with E-state index in [1.807, 2.05) is 44.8 Å². The van der Waals surface area contributed by atoms with Crippen molar-refractivity contribution in [3.8, 4) is 5.75 Å². The lowest BCUT2D eigenvalue weighted by molar-refractivity contribution is -0.318. The Bertz CT molecular complexity index is 2490. The van der Waals surface area contributed by atoms with Gasteiger partial charge in [0.2, 0.25) is 5.43 Å². The molecule has 1 aromatic carbocycles. The largest absolute Gasteiger partial charge is 0.490 e. The Morgan fingerprint density at radius 3 is 2.17 bits per heavy atom. The number of hydrogen-bond donors (Lipinski definition) is 5. The first-order valence-electron chi connectivity index (χ1n) is 28.6. The minimum absolute atomic E-state index is 0.0134. The van der Waals surface area contributed by atoms with Gasteiger partial charge in [-0.25, -0.2) is 4.79 Å². The Morgan fingerprint density at radius 1 is 0.901 bits per heavy atom. The molecule has 4 aliphatic rings. The molecule has 81 heavy (non-hydrogen) atoms. The second-order valence-electron chi connectivity index (χ2n) is 24.1. The topological polar surface area (TPSA) is 273 Å². The van der Waals surface area contributed by atoms with Crippen molar-refractivity contribution in [1.82, 2.24) is 14.4 Å². The minimum Gasteiger partial charge on any atom is -0.490 e. The third kappa shape index (κ3) is 16.0. The van der Waals surface area contributed by atoms with Gasteiger partial charge < -0.3 is 87.3 Å². The maximum absolute atomic E-state index is 14.6. The van der Waals surface area contributed by atoms with Crippen LogP contribution >= 0.6 is 11.6 Å². The van der Waals surface area contributed by atoms with E-state index in [0.717, 1.165) is 12.8 Å². The zero-order valence-electron chi connectivity index (χ0n) is 49.8. The summed E-state index contributed by atoms with van der Waals surface area (Å²) in [6, 6.07) is 2.25. The number of fused-ring (bicyclic) bond motifs is 1. The number of carbonyl (C=O) groups excluding carboxylic acids is 2. The van der Waals surface area contributed by atoms with Gasteiger partial charge in [0.05, 0.1) is 84.7 Å². The molecule has 22 nitrogen and oxygen atoms in total. The number of methoxy groups -OCH3 is 1. The van der Waals surface area contributed by atoms with Gasteiger partial charge in [0.25, 0.3) is 0 Å². The molecule has 0 spiro atoms. The lowest BCUT2D eigenvalue weighted by Gasteiger charge is -2.49. The minimum atomic E-state index is -1.87. The summed E-state index contributed by atoms with van der Waals surface area (Å²) in [6.07, 6.45) is -6.28. The second kappa shape index (κ2) is 28.1. The maximum atomic E-state index is 14.6. The molecule has 1 saturated carbocycles. The van der Waals surface area contributed by atoms with Crippen LogP contribution in [0.15, 0.2) is 23.1 Å². The van der Waals surface area contributed by atoms with E-state index in [0.29, 0.717) is 18.5 Å². The molecule has 1 aliphatic carbocycles. The van der Waals surface area contributed by atoms with E-state index in [1.54, 1.807) is 59.1 Å². The summed E-state index contributed by atoms with van der Waals surface area (Å²) < 4.78 is 63.6. The zero-order chi connectivity index (χ0) is 60.1. The highest BCUT2D eigenvalue weighted by atomic mass is 35.5. The van der Waals surface area contributed by atoms with E-state index < -0.39 is 113 Å². The van der Waals surface area contributed by atoms with Gasteiger partial charge in [0, 0.05) is 50.3 Å². The fourth-order valence-electron chi connectivity index (χ4n) is 12.1. The highest BCUT2D eigenvalue weighted by molar-refractivity contribution is 6.32. The molecule has 1 aromatic heterocycles. The lowest BCUT2D eigenvalue weighted by Crippen LogP contribution is -2.61. The van der Waals surface area contributed by atoms with Gasteiger partial charge in [0.1, 0.15) is 47.4 Å². The fraction of sp³-hybridized carbons (Fsp3) is 0.793. The smallest absolute Gasteiger partial charge is 0.341 e. The number of cyclic esters (lactones) is 1. The molecule has 0 radical (unpaired) electrons. The van der Waals surface area contributed by atoms with E-state index in [2.05, 4.69) is 0 Å². The van der Waals surface area contributed by atoms with Crippen LogP contribution < -0.4 is 10.2 Å². The van der Waals surface area contributed by atoms with Crippen LogP contribution in [0.3, 0.4) is 0 Å². The number of aromatic carboxylic acids is 1. The molecule has 0 amide bonds. The molecule has 4 heterocycles. The van der Waals surface area contributed by atoms with Gasteiger partial charge in [-0.3, -0.25) is 14.4 Å². The Balaban J connectivity index is 1.10. The van der Waals surface area contributed by atoms with Crippen LogP contribution in [0.2, 0.25) is 5.02 Å². The fourth-order valence-corrected chi connectivity index (χ4v) is 12.3. The predicted molar refractivity (Wildman–Crippen MR) is 298 cm³/mol. The normalized spacial score (nSPS) is 36.9. The predicted octanol–water partition coefficient (Wildman–Crippen LogP) is 4.96. The van der Waals surface area contributed by atoms with E-state index >= 15 is 0 Å². The van der Waals surface area contributed by atoms with Crippen LogP contribution in [0, 0.1) is 17.8 Å². The van der Waals surface area contributed by atoms with Crippen LogP contribution in [0.4, 0.5) is 0 Å². The molecule has 2 aromatic rings. The first-order valence-corrected chi connectivity index (χ1v) is 29.0. The number of carbonyl (C=O) groups is 3. The molecule has 0 unspecified atom stereocenters. The molecular formula is C58H92ClN3O19. The van der Waals surface area contributed by atoms with Crippen molar-refractivity contribution in [2.45, 2.75) is 211 Å². The Hall–Kier alpha value is -3.59. The second-order valence-corrected chi connectivity index (χ2v) is 24.5. The monoisotopic (exact) mass is 1170 g/mol. The third-order valence-corrected chi connectivity index (χ3v) is 17.3. The van der Waals surface area contributed by atoms with Crippen LogP contribution in [-0.4, -0.2) is 216 Å². The summed E-state index contributed by atoms with van der Waals surface area (Å²) in [5.41, 5.74) is -5.11. The van der Waals surface area contributed by atoms with Crippen molar-refractivity contribution in [2.24, 2.45) is 17.8 Å². The molecule has 6 rings (SSSR count). The molecule has 23 heteroatoms. The number of aliphatic hydroxyl groups is 4. The standard InChI is InChI=1S/C58H92ClN3O19/c1-15-44-58(10,71)50(66)35(6)61(13)29-31(2)27-56(8,70)51(81-55-48(65)42(60(11)12)24-32(3)76-55)33(4)49(34(5)54(69)78-44)80-46-28-57(9,72-14)52(36(7)77-46)79-45(63)18-19-73-20-21-74-22-23-75-43-25-38-41(26-40(43)59)62(37-16-17-37)30-39(47(38)64)53(67)68/h25-26,30-37,42,44,46,48-52,55,65-66,70-71H,15-24,27-29H2,1-14H3,(H,67,68)/t31-,32-,33+,34-,35-,36+,42+,44-,46+,48-,49+,50-,51-,52+,55+,56-,57-,58-/m1/s1. The molecule has 3 saturated heterocycles. The number of pyridine rings is 1. The molecule has 0 bridgehead atoms. The quantitative estimate of drug-likeness (QED) is 0.0866. The maximum Gasteiger partial charge on any atom is 0.341 e. The van der Waals surface area contributed by atoms with E-state index in [1.165, 1.54) is 26.3 Å². The number of rotatable bonds is 20. The highest BCUT2D eigenvalue weighted by Crippen LogP contribution is 2.42. The first kappa shape index (κ1) is 66.5. The van der Waals surface area contributed by atoms with Crippen molar-refractivity contribution >= 4 is 40.4 Å². The van der Waals surface area contributed by atoms with E-state index in [-0.39, 0.29) is 105 Å². The summed E-state index contributed by atoms with van der Waals surface area (Å²) in [4.78, 5) is 56.6. The average molecular weight is 1170 g/mol. The zero-order valence-corrected chi connectivity index (χ0v) is 50.6. The van der Waals surface area contributed by atoms with Crippen molar-refractivity contribution < 1.29 is 87.3 Å². The number of carboxylic acids is 1. The number of nitrogens with zero attached hydrogens (tertiary/aromatic N) is 3. The summed E-state index contributed by atoms with van der Waals surface area (Å²) >= 11 is 6.52. The van der Waals surface area contributed by atoms with Gasteiger partial charge in [0.15, 0.2) is 18.7 Å². The first-order chi connectivity index (χ1) is 38.0. The van der Waals surface area contributed by atoms with Crippen LogP contribution in [0.25, 0.3) is 10.9 Å². The number of aromatic nitrogens is 1. The number of halogens is 1. The number of esters is 2. The number of likely N-dealkylation sites (N-methyl/N-ethyl adjacent to an activating group) is 2. The molecule has 18 atom stereocenters. The molecular weight excluding hydrogens is 1080 g/mol. The third-order valence-electron chi connectivity index (χ3n) is 17.0. The van der Waals surface area contributed by atoms with Crippen molar-refractivity contribution in [2.75, 3.05) is 67.8 Å². The average Bonchev–Trinajstić information content (AvgIpc) is 4.44. The SMILES string of the molecule is CC[C@H]1OC(=O)[C@H](C)[C@@H](O[C@H]2C[C@@](C)(OC)[C@@H](OC(=O)CCOCCOCCOc3cc4c(=O)c(C(=O)O)cn(C5CC5)c4cc3Cl)[C@H](C)O2)[C@H](C)[C@@H](O[C@@H]2O[C@H](C)C[C@H](N(C)C)[C@H]2O)[C@](C)(O)C[C@@H](C)CN(C)[C@H](C)[C@@H](O)[C@]1(C)O. The van der Waals surface area contributed by atoms with Crippen LogP contribution in [-0.2, 0) is 52.2 Å². The highest BCUT2D eigenvalue weighted by Gasteiger charge is 2.54. The molecule has 5 N–H and O–H groups in total. The molecule has 4 fully saturated rings.